The second kappa shape index (κ2) is 6.51. The van der Waals surface area contributed by atoms with Crippen molar-refractivity contribution >= 4 is 31.9 Å². The molecule has 0 spiro atoms. The van der Waals surface area contributed by atoms with E-state index >= 15 is 0 Å². The van der Waals surface area contributed by atoms with E-state index in [4.69, 9.17) is 4.74 Å². The molecule has 110 valence electrons. The van der Waals surface area contributed by atoms with Gasteiger partial charge in [0.15, 0.2) is 0 Å². The molecule has 1 heterocycles. The van der Waals surface area contributed by atoms with E-state index in [-0.39, 0.29) is 0 Å². The van der Waals surface area contributed by atoms with Crippen LogP contribution < -0.4 is 10.1 Å². The standard InChI is InChI=1S/C17H17Br2NO/c1-11-2-3-13(16(19)6-11)9-20-10-14-8-15(18)7-12-4-5-21-17(12)14/h2-3,6-8,20H,4-5,9-10H2,1H3. The van der Waals surface area contributed by atoms with Gasteiger partial charge in [-0.25, -0.2) is 0 Å². The van der Waals surface area contributed by atoms with Crippen molar-refractivity contribution in [2.45, 2.75) is 26.4 Å². The van der Waals surface area contributed by atoms with Gasteiger partial charge < -0.3 is 10.1 Å². The van der Waals surface area contributed by atoms with Gasteiger partial charge in [-0.05, 0) is 41.8 Å². The number of rotatable bonds is 4. The highest BCUT2D eigenvalue weighted by atomic mass is 79.9. The van der Waals surface area contributed by atoms with E-state index in [2.05, 4.69) is 74.4 Å². The van der Waals surface area contributed by atoms with Crippen molar-refractivity contribution in [1.29, 1.82) is 0 Å². The van der Waals surface area contributed by atoms with Crippen LogP contribution in [0.4, 0.5) is 0 Å². The van der Waals surface area contributed by atoms with Crippen molar-refractivity contribution in [3.05, 3.63) is 61.5 Å². The van der Waals surface area contributed by atoms with Gasteiger partial charge in [-0.15, -0.1) is 0 Å². The lowest BCUT2D eigenvalue weighted by Crippen LogP contribution is -2.13. The van der Waals surface area contributed by atoms with Crippen molar-refractivity contribution in [3.63, 3.8) is 0 Å². The molecule has 1 aliphatic rings. The predicted octanol–water partition coefficient (Wildman–Crippen LogP) is 4.74. The molecule has 0 saturated heterocycles. The van der Waals surface area contributed by atoms with E-state index in [0.29, 0.717) is 0 Å². The summed E-state index contributed by atoms with van der Waals surface area (Å²) in [5.41, 5.74) is 5.06. The number of fused-ring (bicyclic) bond motifs is 1. The van der Waals surface area contributed by atoms with Gasteiger partial charge in [-0.2, -0.15) is 0 Å². The summed E-state index contributed by atoms with van der Waals surface area (Å²) in [6.45, 7) is 4.54. The summed E-state index contributed by atoms with van der Waals surface area (Å²) in [6.07, 6.45) is 1.01. The number of nitrogens with one attached hydrogen (secondary N) is 1. The first kappa shape index (κ1) is 15.1. The maximum absolute atomic E-state index is 5.76. The molecule has 1 N–H and O–H groups in total. The fourth-order valence-corrected chi connectivity index (χ4v) is 3.79. The molecule has 2 nitrogen and oxygen atoms in total. The molecule has 0 saturated carbocycles. The third-order valence-corrected chi connectivity index (χ3v) is 4.86. The summed E-state index contributed by atoms with van der Waals surface area (Å²) < 4.78 is 8.04. The van der Waals surface area contributed by atoms with E-state index < -0.39 is 0 Å². The Morgan fingerprint density at radius 3 is 2.71 bits per heavy atom. The lowest BCUT2D eigenvalue weighted by Gasteiger charge is -2.11. The van der Waals surface area contributed by atoms with Crippen LogP contribution in [0.15, 0.2) is 39.3 Å². The molecule has 0 radical (unpaired) electrons. The van der Waals surface area contributed by atoms with Crippen molar-refractivity contribution in [3.8, 4) is 5.75 Å². The number of benzene rings is 2. The largest absolute Gasteiger partial charge is 0.493 e. The molecule has 0 atom stereocenters. The van der Waals surface area contributed by atoms with E-state index in [1.807, 2.05) is 0 Å². The highest BCUT2D eigenvalue weighted by Crippen LogP contribution is 2.33. The Hall–Kier alpha value is -0.840. The van der Waals surface area contributed by atoms with Crippen LogP contribution in [0.1, 0.15) is 22.3 Å². The lowest BCUT2D eigenvalue weighted by atomic mass is 10.1. The van der Waals surface area contributed by atoms with E-state index in [1.165, 1.54) is 22.3 Å². The molecule has 21 heavy (non-hydrogen) atoms. The Bertz CT molecular complexity index is 670. The number of hydrogen-bond acceptors (Lipinski definition) is 2. The van der Waals surface area contributed by atoms with Crippen LogP contribution in [-0.2, 0) is 19.5 Å². The molecular weight excluding hydrogens is 394 g/mol. The average molecular weight is 411 g/mol. The van der Waals surface area contributed by atoms with E-state index in [9.17, 15) is 0 Å². The first-order valence-electron chi connectivity index (χ1n) is 7.03. The Kier molecular flexibility index (Phi) is 4.67. The highest BCUT2D eigenvalue weighted by molar-refractivity contribution is 9.10. The van der Waals surface area contributed by atoms with Crippen LogP contribution in [-0.4, -0.2) is 6.61 Å². The molecule has 3 rings (SSSR count). The Balaban J connectivity index is 1.68. The summed E-state index contributed by atoms with van der Waals surface area (Å²) in [5.74, 6) is 1.06. The third-order valence-electron chi connectivity index (χ3n) is 3.66. The second-order valence-corrected chi connectivity index (χ2v) is 7.12. The van der Waals surface area contributed by atoms with E-state index in [1.54, 1.807) is 0 Å². The van der Waals surface area contributed by atoms with Crippen LogP contribution in [0, 0.1) is 6.92 Å². The normalized spacial score (nSPS) is 13.1. The Labute approximate surface area is 142 Å². The summed E-state index contributed by atoms with van der Waals surface area (Å²) in [5, 5.41) is 3.50. The Morgan fingerprint density at radius 1 is 1.10 bits per heavy atom. The van der Waals surface area contributed by atoms with Crippen LogP contribution in [0.5, 0.6) is 5.75 Å². The summed E-state index contributed by atoms with van der Waals surface area (Å²) in [4.78, 5) is 0. The molecule has 0 aromatic heterocycles. The van der Waals surface area contributed by atoms with Gasteiger partial charge in [-0.3, -0.25) is 0 Å². The maximum atomic E-state index is 5.76. The number of aryl methyl sites for hydroxylation is 1. The number of halogens is 2. The van der Waals surface area contributed by atoms with Crippen LogP contribution in [0.3, 0.4) is 0 Å². The van der Waals surface area contributed by atoms with Crippen molar-refractivity contribution in [2.75, 3.05) is 6.61 Å². The van der Waals surface area contributed by atoms with Gasteiger partial charge in [0.2, 0.25) is 0 Å². The molecule has 0 fully saturated rings. The molecule has 1 aliphatic heterocycles. The van der Waals surface area contributed by atoms with Gasteiger partial charge in [0.25, 0.3) is 0 Å². The summed E-state index contributed by atoms with van der Waals surface area (Å²) >= 11 is 7.20. The second-order valence-electron chi connectivity index (χ2n) is 5.35. The molecule has 0 unspecified atom stereocenters. The summed E-state index contributed by atoms with van der Waals surface area (Å²) in [6, 6.07) is 10.7. The maximum Gasteiger partial charge on any atom is 0.127 e. The van der Waals surface area contributed by atoms with Gasteiger partial charge in [-0.1, -0.05) is 44.0 Å². The molecule has 2 aromatic carbocycles. The van der Waals surface area contributed by atoms with E-state index in [0.717, 1.165) is 40.8 Å². The summed E-state index contributed by atoms with van der Waals surface area (Å²) in [7, 11) is 0. The van der Waals surface area contributed by atoms with Crippen molar-refractivity contribution in [2.24, 2.45) is 0 Å². The monoisotopic (exact) mass is 409 g/mol. The first-order chi connectivity index (χ1) is 10.1. The molecule has 4 heteroatoms. The zero-order valence-electron chi connectivity index (χ0n) is 11.9. The average Bonchev–Trinajstić information content (AvgIpc) is 2.89. The van der Waals surface area contributed by atoms with Crippen molar-refractivity contribution < 1.29 is 4.74 Å². The number of ether oxygens (including phenoxy) is 1. The molecule has 0 amide bonds. The van der Waals surface area contributed by atoms with Gasteiger partial charge >= 0.3 is 0 Å². The zero-order chi connectivity index (χ0) is 14.8. The van der Waals surface area contributed by atoms with Crippen LogP contribution >= 0.6 is 31.9 Å². The fourth-order valence-electron chi connectivity index (χ4n) is 2.60. The van der Waals surface area contributed by atoms with Gasteiger partial charge in [0.1, 0.15) is 5.75 Å². The van der Waals surface area contributed by atoms with Gasteiger partial charge in [0.05, 0.1) is 6.61 Å². The fraction of sp³-hybridized carbons (Fsp3) is 0.294. The minimum absolute atomic E-state index is 0.794. The highest BCUT2D eigenvalue weighted by Gasteiger charge is 2.17. The third kappa shape index (κ3) is 3.50. The minimum atomic E-state index is 0.794. The lowest BCUT2D eigenvalue weighted by molar-refractivity contribution is 0.352. The van der Waals surface area contributed by atoms with Crippen LogP contribution in [0.25, 0.3) is 0 Å². The predicted molar refractivity (Wildman–Crippen MR) is 92.8 cm³/mol. The first-order valence-corrected chi connectivity index (χ1v) is 8.62. The van der Waals surface area contributed by atoms with Crippen molar-refractivity contribution in [1.82, 2.24) is 5.32 Å². The molecular formula is C17H17Br2NO. The molecule has 2 aromatic rings. The smallest absolute Gasteiger partial charge is 0.127 e. The number of hydrogen-bond donors (Lipinski definition) is 1. The van der Waals surface area contributed by atoms with Crippen LogP contribution in [0.2, 0.25) is 0 Å². The van der Waals surface area contributed by atoms with Gasteiger partial charge in [0, 0.05) is 34.0 Å². The minimum Gasteiger partial charge on any atom is -0.493 e. The molecule has 0 aliphatic carbocycles. The SMILES string of the molecule is Cc1ccc(CNCc2cc(Br)cc3c2OCC3)c(Br)c1. The molecule has 0 bridgehead atoms. The zero-order valence-corrected chi connectivity index (χ0v) is 15.1. The topological polar surface area (TPSA) is 21.3 Å². The Morgan fingerprint density at radius 2 is 1.90 bits per heavy atom. The quantitative estimate of drug-likeness (QED) is 0.785.